The molecular formula is C26H15F5N2O2. The predicted octanol–water partition coefficient (Wildman–Crippen LogP) is 6.59. The molecule has 4 nitrogen and oxygen atoms in total. The first-order valence-corrected chi connectivity index (χ1v) is 10.2. The Hall–Kier alpha value is -4.45. The maximum absolute atomic E-state index is 14.3. The van der Waals surface area contributed by atoms with Gasteiger partial charge in [-0.25, -0.2) is 8.78 Å². The number of nitriles is 1. The van der Waals surface area contributed by atoms with Crippen LogP contribution in [0.2, 0.25) is 0 Å². The predicted molar refractivity (Wildman–Crippen MR) is 118 cm³/mol. The fourth-order valence-corrected chi connectivity index (χ4v) is 3.65. The van der Waals surface area contributed by atoms with Crippen molar-refractivity contribution >= 4 is 0 Å². The maximum atomic E-state index is 14.3. The largest absolute Gasteiger partial charge is 0.457 e. The van der Waals surface area contributed by atoms with E-state index in [1.165, 1.54) is 30.3 Å². The molecule has 0 saturated carbocycles. The Morgan fingerprint density at radius 1 is 0.914 bits per heavy atom. The van der Waals surface area contributed by atoms with Gasteiger partial charge in [0.05, 0.1) is 11.3 Å². The van der Waals surface area contributed by atoms with Crippen molar-refractivity contribution in [1.29, 1.82) is 5.26 Å². The molecule has 3 aromatic carbocycles. The van der Waals surface area contributed by atoms with Crippen LogP contribution in [0, 0.1) is 23.0 Å². The Bertz CT molecular complexity index is 1470. The van der Waals surface area contributed by atoms with Crippen LogP contribution in [0.25, 0.3) is 11.3 Å². The molecule has 4 rings (SSSR count). The number of rotatable bonds is 5. The van der Waals surface area contributed by atoms with E-state index in [4.69, 9.17) is 4.74 Å². The molecule has 0 saturated heterocycles. The van der Waals surface area contributed by atoms with E-state index in [1.807, 2.05) is 0 Å². The number of H-pyrrole nitrogens is 1. The third-order valence-electron chi connectivity index (χ3n) is 5.22. The van der Waals surface area contributed by atoms with Gasteiger partial charge < -0.3 is 9.72 Å². The molecule has 0 unspecified atom stereocenters. The first kappa shape index (κ1) is 23.7. The molecule has 176 valence electrons. The lowest BCUT2D eigenvalue weighted by atomic mass is 9.92. The van der Waals surface area contributed by atoms with Crippen LogP contribution in [0.15, 0.2) is 77.6 Å². The summed E-state index contributed by atoms with van der Waals surface area (Å²) in [4.78, 5) is 14.7. The third-order valence-corrected chi connectivity index (χ3v) is 5.22. The summed E-state index contributed by atoms with van der Waals surface area (Å²) >= 11 is 0. The lowest BCUT2D eigenvalue weighted by Gasteiger charge is -2.19. The lowest BCUT2D eigenvalue weighted by Crippen LogP contribution is -2.23. The molecule has 1 heterocycles. The van der Waals surface area contributed by atoms with Crippen LogP contribution < -0.4 is 10.3 Å². The number of nitrogens with one attached hydrogen (secondary N) is 1. The highest BCUT2D eigenvalue weighted by Gasteiger charge is 2.39. The minimum atomic E-state index is -5.09. The maximum Gasteiger partial charge on any atom is 0.418 e. The minimum absolute atomic E-state index is 0.176. The number of ether oxygens (including phenoxy) is 1. The van der Waals surface area contributed by atoms with Crippen LogP contribution in [0.5, 0.6) is 11.5 Å². The van der Waals surface area contributed by atoms with Crippen molar-refractivity contribution in [2.24, 2.45) is 0 Å². The van der Waals surface area contributed by atoms with E-state index in [2.05, 4.69) is 4.98 Å². The molecule has 9 heteroatoms. The van der Waals surface area contributed by atoms with Gasteiger partial charge in [-0.2, -0.15) is 18.4 Å². The van der Waals surface area contributed by atoms with Crippen molar-refractivity contribution in [2.75, 3.05) is 0 Å². The number of alkyl halides is 3. The molecule has 0 atom stereocenters. The first-order chi connectivity index (χ1) is 16.7. The Kier molecular flexibility index (Phi) is 6.38. The minimum Gasteiger partial charge on any atom is -0.457 e. The number of pyridine rings is 1. The molecule has 0 radical (unpaired) electrons. The van der Waals surface area contributed by atoms with Gasteiger partial charge in [-0.1, -0.05) is 24.3 Å². The fourth-order valence-electron chi connectivity index (χ4n) is 3.65. The summed E-state index contributed by atoms with van der Waals surface area (Å²) in [6.07, 6.45) is -5.74. The van der Waals surface area contributed by atoms with Crippen molar-refractivity contribution in [3.05, 3.63) is 117 Å². The molecule has 0 aliphatic heterocycles. The fraction of sp³-hybridized carbons (Fsp3) is 0.0769. The van der Waals surface area contributed by atoms with Crippen molar-refractivity contribution in [1.82, 2.24) is 4.98 Å². The molecule has 0 spiro atoms. The van der Waals surface area contributed by atoms with Crippen LogP contribution >= 0.6 is 0 Å². The van der Waals surface area contributed by atoms with E-state index >= 15 is 0 Å². The van der Waals surface area contributed by atoms with Crippen LogP contribution in [-0.4, -0.2) is 4.98 Å². The van der Waals surface area contributed by atoms with Crippen molar-refractivity contribution in [3.63, 3.8) is 0 Å². The van der Waals surface area contributed by atoms with E-state index in [0.717, 1.165) is 12.1 Å². The van der Waals surface area contributed by atoms with Crippen LogP contribution in [0.3, 0.4) is 0 Å². The van der Waals surface area contributed by atoms with Gasteiger partial charge in [-0.15, -0.1) is 0 Å². The van der Waals surface area contributed by atoms with E-state index in [9.17, 15) is 32.0 Å². The van der Waals surface area contributed by atoms with Gasteiger partial charge in [0, 0.05) is 12.5 Å². The summed E-state index contributed by atoms with van der Waals surface area (Å²) in [6, 6.07) is 18.4. The molecular weight excluding hydrogens is 467 g/mol. The number of hydrogen-bond acceptors (Lipinski definition) is 3. The van der Waals surface area contributed by atoms with Gasteiger partial charge >= 0.3 is 6.18 Å². The van der Waals surface area contributed by atoms with Gasteiger partial charge in [-0.05, 0) is 59.2 Å². The number of para-hydroxylation sites is 1. The molecule has 0 amide bonds. The average molecular weight is 482 g/mol. The summed E-state index contributed by atoms with van der Waals surface area (Å²) < 4.78 is 75.6. The van der Waals surface area contributed by atoms with Gasteiger partial charge in [0.15, 0.2) is 0 Å². The summed E-state index contributed by atoms with van der Waals surface area (Å²) in [7, 11) is 0. The smallest absolute Gasteiger partial charge is 0.418 e. The second-order valence-electron chi connectivity index (χ2n) is 7.52. The van der Waals surface area contributed by atoms with Crippen molar-refractivity contribution in [3.8, 4) is 28.8 Å². The highest BCUT2D eigenvalue weighted by molar-refractivity contribution is 5.68. The van der Waals surface area contributed by atoms with Gasteiger partial charge in [-0.3, -0.25) is 4.79 Å². The zero-order chi connectivity index (χ0) is 25.2. The van der Waals surface area contributed by atoms with E-state index in [0.29, 0.717) is 17.6 Å². The lowest BCUT2D eigenvalue weighted by molar-refractivity contribution is -0.138. The summed E-state index contributed by atoms with van der Waals surface area (Å²) in [5, 5.41) is 9.27. The standard InChI is InChI=1S/C26H15F5N2O2/c27-17-9-6-16(22(28)13-17)12-20-23(26(29,30)31)21(14-32)25(34)33-24(20)15-7-10-19(11-8-15)35-18-4-2-1-3-5-18/h1-11,13H,12H2,(H,33,34). The van der Waals surface area contributed by atoms with Gasteiger partial charge in [0.2, 0.25) is 0 Å². The Morgan fingerprint density at radius 2 is 1.57 bits per heavy atom. The molecule has 4 aromatic rings. The highest BCUT2D eigenvalue weighted by atomic mass is 19.4. The molecule has 0 aliphatic rings. The number of hydrogen-bond donors (Lipinski definition) is 1. The van der Waals surface area contributed by atoms with Crippen molar-refractivity contribution in [2.45, 2.75) is 12.6 Å². The van der Waals surface area contributed by atoms with E-state index in [1.54, 1.807) is 30.3 Å². The second-order valence-corrected chi connectivity index (χ2v) is 7.52. The molecule has 35 heavy (non-hydrogen) atoms. The van der Waals surface area contributed by atoms with Crippen molar-refractivity contribution < 1.29 is 26.7 Å². The van der Waals surface area contributed by atoms with Gasteiger partial charge in [0.1, 0.15) is 34.8 Å². The molecule has 1 aromatic heterocycles. The monoisotopic (exact) mass is 482 g/mol. The average Bonchev–Trinajstić information content (AvgIpc) is 2.81. The van der Waals surface area contributed by atoms with Crippen LogP contribution in [-0.2, 0) is 12.6 Å². The second kappa shape index (κ2) is 9.43. The van der Waals surface area contributed by atoms with Gasteiger partial charge in [0.25, 0.3) is 5.56 Å². The number of aromatic nitrogens is 1. The van der Waals surface area contributed by atoms with E-state index < -0.39 is 46.5 Å². The quantitative estimate of drug-likeness (QED) is 0.326. The Labute approximate surface area is 195 Å². The Morgan fingerprint density at radius 3 is 2.17 bits per heavy atom. The summed E-state index contributed by atoms with van der Waals surface area (Å²) in [5.74, 6) is -1.02. The molecule has 0 aliphatic carbocycles. The molecule has 0 fully saturated rings. The number of benzene rings is 3. The number of nitrogens with zero attached hydrogens (tertiary/aromatic N) is 1. The zero-order valence-electron chi connectivity index (χ0n) is 17.8. The van der Waals surface area contributed by atoms with E-state index in [-0.39, 0.29) is 16.8 Å². The number of aromatic amines is 1. The highest BCUT2D eigenvalue weighted by Crippen LogP contribution is 2.38. The molecule has 1 N–H and O–H groups in total. The first-order valence-electron chi connectivity index (χ1n) is 10.2. The topological polar surface area (TPSA) is 65.9 Å². The van der Waals surface area contributed by atoms with Crippen LogP contribution in [0.1, 0.15) is 22.3 Å². The zero-order valence-corrected chi connectivity index (χ0v) is 17.8. The summed E-state index contributed by atoms with van der Waals surface area (Å²) in [5.41, 5.74) is -4.65. The SMILES string of the molecule is N#Cc1c(C(F)(F)F)c(Cc2ccc(F)cc2F)c(-c2ccc(Oc3ccccc3)cc2)[nH]c1=O. The van der Waals surface area contributed by atoms with Crippen LogP contribution in [0.4, 0.5) is 22.0 Å². The summed E-state index contributed by atoms with van der Waals surface area (Å²) in [6.45, 7) is 0. The Balaban J connectivity index is 1.87. The number of halogens is 5. The normalized spacial score (nSPS) is 11.2. The third kappa shape index (κ3) is 5.06. The molecule has 0 bridgehead atoms.